The largest absolute Gasteiger partial charge is 0.310 e. The van der Waals surface area contributed by atoms with Gasteiger partial charge in [0.15, 0.2) is 0 Å². The first-order valence-electron chi connectivity index (χ1n) is 8.37. The van der Waals surface area contributed by atoms with Crippen LogP contribution >= 0.6 is 0 Å². The van der Waals surface area contributed by atoms with Crippen molar-refractivity contribution in [2.45, 2.75) is 59.9 Å². The first-order valence-corrected chi connectivity index (χ1v) is 8.37. The molecule has 1 aromatic rings. The van der Waals surface area contributed by atoms with Crippen LogP contribution in [-0.2, 0) is 0 Å². The van der Waals surface area contributed by atoms with E-state index in [9.17, 15) is 0 Å². The van der Waals surface area contributed by atoms with Gasteiger partial charge in [-0.2, -0.15) is 0 Å². The Balaban J connectivity index is 2.00. The molecule has 1 heteroatoms. The molecule has 2 fully saturated rings. The molecule has 1 nitrogen and oxygen atoms in total. The van der Waals surface area contributed by atoms with Gasteiger partial charge in [-0.25, -0.2) is 0 Å². The lowest BCUT2D eigenvalue weighted by Crippen LogP contribution is -2.26. The van der Waals surface area contributed by atoms with Crippen LogP contribution < -0.4 is 5.32 Å². The van der Waals surface area contributed by atoms with Gasteiger partial charge in [0.05, 0.1) is 0 Å². The first kappa shape index (κ1) is 14.1. The zero-order chi connectivity index (χ0) is 14.4. The molecule has 0 aromatic heterocycles. The van der Waals surface area contributed by atoms with Crippen molar-refractivity contribution in [3.05, 3.63) is 33.9 Å². The molecule has 0 amide bonds. The normalized spacial score (nSPS) is 29.4. The smallest absolute Gasteiger partial charge is 0.0359 e. The number of hydrogen-bond acceptors (Lipinski definition) is 1. The van der Waals surface area contributed by atoms with Gasteiger partial charge in [0.2, 0.25) is 0 Å². The van der Waals surface area contributed by atoms with Gasteiger partial charge in [0, 0.05) is 6.04 Å². The third kappa shape index (κ3) is 2.11. The van der Waals surface area contributed by atoms with Crippen LogP contribution in [0.25, 0.3) is 0 Å². The number of benzene rings is 1. The highest BCUT2D eigenvalue weighted by Crippen LogP contribution is 2.62. The highest BCUT2D eigenvalue weighted by molar-refractivity contribution is 5.46. The number of fused-ring (bicyclic) bond motifs is 1. The Morgan fingerprint density at radius 2 is 1.60 bits per heavy atom. The fourth-order valence-corrected chi connectivity index (χ4v) is 4.74. The van der Waals surface area contributed by atoms with E-state index in [1.54, 1.807) is 5.56 Å². The quantitative estimate of drug-likeness (QED) is 0.842. The molecule has 1 N–H and O–H groups in total. The van der Waals surface area contributed by atoms with Crippen LogP contribution in [0, 0.1) is 45.4 Å². The van der Waals surface area contributed by atoms with Crippen LogP contribution in [0.3, 0.4) is 0 Å². The van der Waals surface area contributed by atoms with Crippen molar-refractivity contribution in [1.82, 2.24) is 5.32 Å². The minimum atomic E-state index is 0.592. The van der Waals surface area contributed by atoms with E-state index >= 15 is 0 Å². The summed E-state index contributed by atoms with van der Waals surface area (Å²) in [5, 5.41) is 3.83. The molecule has 0 heterocycles. The zero-order valence-corrected chi connectivity index (χ0v) is 13.7. The maximum absolute atomic E-state index is 3.83. The van der Waals surface area contributed by atoms with Gasteiger partial charge >= 0.3 is 0 Å². The standard InChI is InChI=1S/C19H29N/c1-6-20-19(18-15-8-7-9-16(15)18)17-13(4)11(2)10-12(3)14(17)5/h10,15-16,18-20H,6-9H2,1-5H3. The molecule has 0 saturated heterocycles. The van der Waals surface area contributed by atoms with E-state index < -0.39 is 0 Å². The molecular weight excluding hydrogens is 242 g/mol. The van der Waals surface area contributed by atoms with Crippen molar-refractivity contribution in [2.75, 3.05) is 6.54 Å². The lowest BCUT2D eigenvalue weighted by molar-refractivity contribution is 0.422. The van der Waals surface area contributed by atoms with E-state index in [0.29, 0.717) is 6.04 Å². The molecule has 2 aliphatic carbocycles. The highest BCUT2D eigenvalue weighted by atomic mass is 14.9. The lowest BCUT2D eigenvalue weighted by Gasteiger charge is -2.26. The summed E-state index contributed by atoms with van der Waals surface area (Å²) in [6.45, 7) is 12.5. The van der Waals surface area contributed by atoms with E-state index in [0.717, 1.165) is 24.3 Å². The Bertz CT molecular complexity index is 481. The average Bonchev–Trinajstić information content (AvgIpc) is 2.87. The molecule has 2 saturated carbocycles. The Kier molecular flexibility index (Phi) is 3.66. The molecule has 110 valence electrons. The Labute approximate surface area is 124 Å². The van der Waals surface area contributed by atoms with E-state index in [2.05, 4.69) is 46.0 Å². The predicted octanol–water partition coefficient (Wildman–Crippen LogP) is 4.62. The van der Waals surface area contributed by atoms with Gasteiger partial charge in [0.1, 0.15) is 0 Å². The van der Waals surface area contributed by atoms with Crippen LogP contribution in [0.5, 0.6) is 0 Å². The maximum atomic E-state index is 3.83. The summed E-state index contributed by atoms with van der Waals surface area (Å²) >= 11 is 0. The van der Waals surface area contributed by atoms with Gasteiger partial charge in [0.25, 0.3) is 0 Å². The number of nitrogens with one attached hydrogen (secondary N) is 1. The second-order valence-electron chi connectivity index (χ2n) is 7.05. The minimum Gasteiger partial charge on any atom is -0.310 e. The first-order chi connectivity index (χ1) is 9.56. The van der Waals surface area contributed by atoms with Crippen LogP contribution in [0.2, 0.25) is 0 Å². The summed E-state index contributed by atoms with van der Waals surface area (Å²) in [5.41, 5.74) is 7.56. The number of hydrogen-bond donors (Lipinski definition) is 1. The van der Waals surface area contributed by atoms with Crippen molar-refractivity contribution < 1.29 is 0 Å². The van der Waals surface area contributed by atoms with Crippen LogP contribution in [0.1, 0.15) is 60.0 Å². The molecule has 0 spiro atoms. The Morgan fingerprint density at radius 1 is 1.05 bits per heavy atom. The van der Waals surface area contributed by atoms with Gasteiger partial charge in [-0.05, 0) is 92.7 Å². The van der Waals surface area contributed by atoms with Crippen molar-refractivity contribution in [3.63, 3.8) is 0 Å². The van der Waals surface area contributed by atoms with E-state index in [1.165, 1.54) is 41.5 Å². The maximum Gasteiger partial charge on any atom is 0.0359 e. The number of aryl methyl sites for hydroxylation is 2. The summed E-state index contributed by atoms with van der Waals surface area (Å²) in [5.74, 6) is 2.93. The van der Waals surface area contributed by atoms with E-state index in [1.807, 2.05) is 0 Å². The fraction of sp³-hybridized carbons (Fsp3) is 0.684. The van der Waals surface area contributed by atoms with Gasteiger partial charge in [-0.15, -0.1) is 0 Å². The predicted molar refractivity (Wildman–Crippen MR) is 86.1 cm³/mol. The molecule has 20 heavy (non-hydrogen) atoms. The van der Waals surface area contributed by atoms with E-state index in [-0.39, 0.29) is 0 Å². The highest BCUT2D eigenvalue weighted by Gasteiger charge is 2.56. The summed E-state index contributed by atoms with van der Waals surface area (Å²) in [7, 11) is 0. The van der Waals surface area contributed by atoms with Gasteiger partial charge < -0.3 is 5.32 Å². The summed E-state index contributed by atoms with van der Waals surface area (Å²) in [4.78, 5) is 0. The Morgan fingerprint density at radius 3 is 2.10 bits per heavy atom. The molecule has 3 unspecified atom stereocenters. The lowest BCUT2D eigenvalue weighted by atomic mass is 9.86. The SMILES string of the molecule is CCNC(c1c(C)c(C)cc(C)c1C)C1C2CCCC21. The molecule has 0 aliphatic heterocycles. The molecule has 2 aliphatic rings. The fourth-order valence-electron chi connectivity index (χ4n) is 4.74. The van der Waals surface area contributed by atoms with Crippen LogP contribution in [-0.4, -0.2) is 6.54 Å². The molecule has 3 atom stereocenters. The second-order valence-corrected chi connectivity index (χ2v) is 7.05. The van der Waals surface area contributed by atoms with Gasteiger partial charge in [-0.3, -0.25) is 0 Å². The van der Waals surface area contributed by atoms with Crippen molar-refractivity contribution in [3.8, 4) is 0 Å². The summed E-state index contributed by atoms with van der Waals surface area (Å²) in [6, 6.07) is 2.94. The van der Waals surface area contributed by atoms with Crippen molar-refractivity contribution in [1.29, 1.82) is 0 Å². The van der Waals surface area contributed by atoms with E-state index in [4.69, 9.17) is 0 Å². The summed E-state index contributed by atoms with van der Waals surface area (Å²) < 4.78 is 0. The third-order valence-electron chi connectivity index (χ3n) is 6.02. The number of rotatable bonds is 4. The molecule has 3 rings (SSSR count). The zero-order valence-electron chi connectivity index (χ0n) is 13.7. The Hall–Kier alpha value is -0.820. The van der Waals surface area contributed by atoms with Crippen molar-refractivity contribution in [2.24, 2.45) is 17.8 Å². The van der Waals surface area contributed by atoms with Gasteiger partial charge in [-0.1, -0.05) is 19.4 Å². The van der Waals surface area contributed by atoms with Crippen molar-refractivity contribution >= 4 is 0 Å². The topological polar surface area (TPSA) is 12.0 Å². The third-order valence-corrected chi connectivity index (χ3v) is 6.02. The summed E-state index contributed by atoms with van der Waals surface area (Å²) in [6.07, 6.45) is 4.41. The average molecular weight is 271 g/mol. The molecule has 0 radical (unpaired) electrons. The van der Waals surface area contributed by atoms with Crippen LogP contribution in [0.15, 0.2) is 6.07 Å². The molecular formula is C19H29N. The minimum absolute atomic E-state index is 0.592. The monoisotopic (exact) mass is 271 g/mol. The van der Waals surface area contributed by atoms with Crippen LogP contribution in [0.4, 0.5) is 0 Å². The second kappa shape index (κ2) is 5.18. The molecule has 0 bridgehead atoms. The molecule has 1 aromatic carbocycles.